The molecule has 0 aliphatic carbocycles. The Labute approximate surface area is 86.1 Å². The van der Waals surface area contributed by atoms with Crippen LogP contribution in [0, 0.1) is 5.92 Å². The van der Waals surface area contributed by atoms with Crippen LogP contribution in [0.2, 0.25) is 0 Å². The van der Waals surface area contributed by atoms with Crippen LogP contribution in [0.4, 0.5) is 0 Å². The third-order valence-electron chi connectivity index (χ3n) is 1.74. The van der Waals surface area contributed by atoms with Gasteiger partial charge in [0.2, 0.25) is 5.91 Å². The predicted molar refractivity (Wildman–Crippen MR) is 57.0 cm³/mol. The Hall–Kier alpha value is -0.610. The third-order valence-corrected chi connectivity index (χ3v) is 1.74. The van der Waals surface area contributed by atoms with Crippen molar-refractivity contribution in [3.8, 4) is 0 Å². The van der Waals surface area contributed by atoms with Gasteiger partial charge in [-0.1, -0.05) is 13.8 Å². The molecule has 0 atom stereocenters. The highest BCUT2D eigenvalue weighted by molar-refractivity contribution is 5.75. The Balaban J connectivity index is 3.15. The Bertz CT molecular complexity index is 149. The van der Waals surface area contributed by atoms with Gasteiger partial charge in [-0.15, -0.1) is 0 Å². The van der Waals surface area contributed by atoms with E-state index in [9.17, 15) is 4.79 Å². The van der Waals surface area contributed by atoms with E-state index in [4.69, 9.17) is 5.11 Å². The number of nitrogens with one attached hydrogen (secondary N) is 2. The van der Waals surface area contributed by atoms with Crippen molar-refractivity contribution in [1.82, 2.24) is 10.6 Å². The first-order valence-corrected chi connectivity index (χ1v) is 5.25. The maximum atomic E-state index is 11.0. The van der Waals surface area contributed by atoms with Crippen LogP contribution in [-0.2, 0) is 4.79 Å². The normalized spacial score (nSPS) is 10.6. The second-order valence-electron chi connectivity index (χ2n) is 3.78. The summed E-state index contributed by atoms with van der Waals surface area (Å²) in [6.45, 7) is 6.56. The molecule has 0 aromatic carbocycles. The lowest BCUT2D eigenvalue weighted by Gasteiger charge is -2.07. The molecule has 0 aliphatic rings. The zero-order chi connectivity index (χ0) is 10.8. The average Bonchev–Trinajstić information content (AvgIpc) is 2.13. The first-order chi connectivity index (χ1) is 6.66. The highest BCUT2D eigenvalue weighted by Crippen LogP contribution is 1.90. The van der Waals surface area contributed by atoms with Crippen molar-refractivity contribution in [2.75, 3.05) is 26.2 Å². The number of carbonyl (C=O) groups excluding carboxylic acids is 1. The van der Waals surface area contributed by atoms with Gasteiger partial charge in [-0.05, 0) is 25.4 Å². The smallest absolute Gasteiger partial charge is 0.220 e. The molecule has 0 saturated carbocycles. The summed E-state index contributed by atoms with van der Waals surface area (Å²) in [5.74, 6) is 0.670. The maximum Gasteiger partial charge on any atom is 0.220 e. The lowest BCUT2D eigenvalue weighted by Crippen LogP contribution is -2.27. The zero-order valence-electron chi connectivity index (χ0n) is 9.18. The summed E-state index contributed by atoms with van der Waals surface area (Å²) in [7, 11) is 0. The fourth-order valence-corrected chi connectivity index (χ4v) is 1.05. The van der Waals surface area contributed by atoms with E-state index < -0.39 is 0 Å². The van der Waals surface area contributed by atoms with Gasteiger partial charge in [-0.2, -0.15) is 0 Å². The van der Waals surface area contributed by atoms with Crippen molar-refractivity contribution in [1.29, 1.82) is 0 Å². The van der Waals surface area contributed by atoms with Crippen LogP contribution in [0.1, 0.15) is 26.7 Å². The summed E-state index contributed by atoms with van der Waals surface area (Å²) in [5.41, 5.74) is 0. The molecular formula is C10H22N2O2. The molecule has 0 aromatic rings. The van der Waals surface area contributed by atoms with Crippen LogP contribution in [-0.4, -0.2) is 37.3 Å². The van der Waals surface area contributed by atoms with Crippen molar-refractivity contribution in [3.63, 3.8) is 0 Å². The molecule has 0 spiro atoms. The number of hydrogen-bond acceptors (Lipinski definition) is 3. The number of aliphatic hydroxyl groups is 1. The molecule has 4 heteroatoms. The molecule has 0 saturated heterocycles. The molecule has 0 heterocycles. The van der Waals surface area contributed by atoms with E-state index in [-0.39, 0.29) is 12.5 Å². The molecular weight excluding hydrogens is 180 g/mol. The van der Waals surface area contributed by atoms with Crippen molar-refractivity contribution in [3.05, 3.63) is 0 Å². The minimum absolute atomic E-state index is 0.0112. The molecule has 0 bridgehead atoms. The van der Waals surface area contributed by atoms with E-state index >= 15 is 0 Å². The van der Waals surface area contributed by atoms with Gasteiger partial charge < -0.3 is 15.7 Å². The Kier molecular flexibility index (Phi) is 8.57. The van der Waals surface area contributed by atoms with E-state index in [0.717, 1.165) is 19.5 Å². The molecule has 0 aromatic heterocycles. The second-order valence-corrected chi connectivity index (χ2v) is 3.78. The van der Waals surface area contributed by atoms with Crippen molar-refractivity contribution < 1.29 is 9.90 Å². The van der Waals surface area contributed by atoms with Crippen LogP contribution in [0.3, 0.4) is 0 Å². The number of amides is 1. The van der Waals surface area contributed by atoms with E-state index in [0.29, 0.717) is 18.9 Å². The Morgan fingerprint density at radius 1 is 1.36 bits per heavy atom. The number of hydrogen-bond donors (Lipinski definition) is 3. The summed E-state index contributed by atoms with van der Waals surface area (Å²) in [5, 5.41) is 14.3. The molecule has 0 unspecified atom stereocenters. The highest BCUT2D eigenvalue weighted by Gasteiger charge is 1.99. The molecule has 0 fully saturated rings. The lowest BCUT2D eigenvalue weighted by molar-refractivity contribution is -0.121. The molecule has 1 amide bonds. The van der Waals surface area contributed by atoms with Gasteiger partial charge in [0, 0.05) is 13.0 Å². The number of carbonyl (C=O) groups is 1. The van der Waals surface area contributed by atoms with Gasteiger partial charge in [0.15, 0.2) is 0 Å². The van der Waals surface area contributed by atoms with Gasteiger partial charge in [0.25, 0.3) is 0 Å². The molecule has 4 nitrogen and oxygen atoms in total. The summed E-state index contributed by atoms with van der Waals surface area (Å²) in [6.07, 6.45) is 1.38. The quantitative estimate of drug-likeness (QED) is 0.490. The molecule has 14 heavy (non-hydrogen) atoms. The molecule has 84 valence electrons. The Morgan fingerprint density at radius 2 is 2.07 bits per heavy atom. The fraction of sp³-hybridized carbons (Fsp3) is 0.900. The van der Waals surface area contributed by atoms with Gasteiger partial charge in [-0.25, -0.2) is 0 Å². The third kappa shape index (κ3) is 9.48. The number of rotatable bonds is 8. The van der Waals surface area contributed by atoms with Crippen molar-refractivity contribution >= 4 is 5.91 Å². The monoisotopic (exact) mass is 202 g/mol. The Morgan fingerprint density at radius 3 is 2.64 bits per heavy atom. The first-order valence-electron chi connectivity index (χ1n) is 5.25. The summed E-state index contributed by atoms with van der Waals surface area (Å²) in [4.78, 5) is 11.0. The van der Waals surface area contributed by atoms with Crippen molar-refractivity contribution in [2.45, 2.75) is 26.7 Å². The van der Waals surface area contributed by atoms with Crippen LogP contribution >= 0.6 is 0 Å². The van der Waals surface area contributed by atoms with Crippen LogP contribution < -0.4 is 10.6 Å². The van der Waals surface area contributed by atoms with E-state index in [1.807, 2.05) is 0 Å². The first kappa shape index (κ1) is 13.4. The highest BCUT2D eigenvalue weighted by atomic mass is 16.3. The minimum atomic E-state index is 0.0112. The van der Waals surface area contributed by atoms with Crippen LogP contribution in [0.5, 0.6) is 0 Å². The largest absolute Gasteiger partial charge is 0.395 e. The molecule has 3 N–H and O–H groups in total. The lowest BCUT2D eigenvalue weighted by atomic mass is 10.2. The summed E-state index contributed by atoms with van der Waals surface area (Å²) in [6, 6.07) is 0. The second kappa shape index (κ2) is 8.97. The summed E-state index contributed by atoms with van der Waals surface area (Å²) >= 11 is 0. The molecule has 0 rings (SSSR count). The zero-order valence-corrected chi connectivity index (χ0v) is 9.18. The molecule has 0 aliphatic heterocycles. The van der Waals surface area contributed by atoms with Gasteiger partial charge in [0.1, 0.15) is 0 Å². The minimum Gasteiger partial charge on any atom is -0.395 e. The maximum absolute atomic E-state index is 11.0. The SMILES string of the molecule is CC(C)CNCCCC(=O)NCCO. The molecule has 0 radical (unpaired) electrons. The predicted octanol–water partition coefficient (Wildman–Crippen LogP) is 0.121. The van der Waals surface area contributed by atoms with Crippen LogP contribution in [0.15, 0.2) is 0 Å². The fourth-order valence-electron chi connectivity index (χ4n) is 1.05. The standard InChI is InChI=1S/C10H22N2O2/c1-9(2)8-11-5-3-4-10(14)12-6-7-13/h9,11,13H,3-8H2,1-2H3,(H,12,14). The average molecular weight is 202 g/mol. The van der Waals surface area contributed by atoms with Crippen LogP contribution in [0.25, 0.3) is 0 Å². The van der Waals surface area contributed by atoms with E-state index in [2.05, 4.69) is 24.5 Å². The number of aliphatic hydroxyl groups excluding tert-OH is 1. The van der Waals surface area contributed by atoms with Gasteiger partial charge in [0.05, 0.1) is 6.61 Å². The van der Waals surface area contributed by atoms with E-state index in [1.54, 1.807) is 0 Å². The topological polar surface area (TPSA) is 61.4 Å². The summed E-state index contributed by atoms with van der Waals surface area (Å²) < 4.78 is 0. The van der Waals surface area contributed by atoms with Gasteiger partial charge >= 0.3 is 0 Å². The van der Waals surface area contributed by atoms with E-state index in [1.165, 1.54) is 0 Å². The van der Waals surface area contributed by atoms with Crippen molar-refractivity contribution in [2.24, 2.45) is 5.92 Å². The van der Waals surface area contributed by atoms with Gasteiger partial charge in [-0.3, -0.25) is 4.79 Å².